The van der Waals surface area contributed by atoms with Crippen molar-refractivity contribution in [3.8, 4) is 0 Å². The summed E-state index contributed by atoms with van der Waals surface area (Å²) < 4.78 is 0. The van der Waals surface area contributed by atoms with E-state index in [0.717, 1.165) is 19.1 Å². The first-order valence-electron chi connectivity index (χ1n) is 5.42. The molecule has 0 aromatic carbocycles. The van der Waals surface area contributed by atoms with Gasteiger partial charge in [0, 0.05) is 13.2 Å². The number of rotatable bonds is 7. The van der Waals surface area contributed by atoms with Crippen LogP contribution in [0.5, 0.6) is 0 Å². The summed E-state index contributed by atoms with van der Waals surface area (Å²) in [6.07, 6.45) is 2.58. The molecule has 0 amide bonds. The van der Waals surface area contributed by atoms with Crippen LogP contribution in [0.15, 0.2) is 0 Å². The Labute approximate surface area is 83.5 Å². The van der Waals surface area contributed by atoms with E-state index in [1.807, 2.05) is 7.05 Å². The molecule has 0 saturated heterocycles. The SMILES string of the molecule is CCCC(C)(CNCNC)C(C)C. The first-order valence-corrected chi connectivity index (χ1v) is 5.42. The maximum absolute atomic E-state index is 3.43. The zero-order valence-corrected chi connectivity index (χ0v) is 9.91. The van der Waals surface area contributed by atoms with Crippen molar-refractivity contribution in [3.63, 3.8) is 0 Å². The Hall–Kier alpha value is -0.0800. The molecule has 0 heterocycles. The van der Waals surface area contributed by atoms with Gasteiger partial charge in [0.15, 0.2) is 0 Å². The van der Waals surface area contributed by atoms with E-state index in [1.54, 1.807) is 0 Å². The molecule has 0 spiro atoms. The second-order valence-electron chi connectivity index (χ2n) is 4.52. The standard InChI is InChI=1S/C11H26N2/c1-6-7-11(4,10(2)3)8-13-9-12-5/h10,12-13H,6-9H2,1-5H3. The average Bonchev–Trinajstić information content (AvgIpc) is 2.05. The minimum atomic E-state index is 0.450. The average molecular weight is 186 g/mol. The minimum Gasteiger partial charge on any atom is -0.308 e. The molecule has 2 N–H and O–H groups in total. The van der Waals surface area contributed by atoms with E-state index < -0.39 is 0 Å². The van der Waals surface area contributed by atoms with Crippen molar-refractivity contribution in [2.45, 2.75) is 40.5 Å². The number of hydrogen-bond acceptors (Lipinski definition) is 2. The van der Waals surface area contributed by atoms with Crippen molar-refractivity contribution in [1.29, 1.82) is 0 Å². The fraction of sp³-hybridized carbons (Fsp3) is 1.00. The van der Waals surface area contributed by atoms with Crippen molar-refractivity contribution in [2.24, 2.45) is 11.3 Å². The van der Waals surface area contributed by atoms with Crippen LogP contribution in [0.2, 0.25) is 0 Å². The third-order valence-electron chi connectivity index (χ3n) is 3.05. The number of hydrogen-bond donors (Lipinski definition) is 2. The fourth-order valence-corrected chi connectivity index (χ4v) is 1.63. The van der Waals surface area contributed by atoms with Crippen molar-refractivity contribution in [1.82, 2.24) is 10.6 Å². The Morgan fingerprint density at radius 1 is 1.31 bits per heavy atom. The molecular formula is C11H26N2. The molecule has 1 unspecified atom stereocenters. The molecule has 1 atom stereocenters. The second kappa shape index (κ2) is 6.39. The predicted octanol–water partition coefficient (Wildman–Crippen LogP) is 2.22. The van der Waals surface area contributed by atoms with Crippen LogP contribution in [-0.2, 0) is 0 Å². The van der Waals surface area contributed by atoms with Gasteiger partial charge in [-0.05, 0) is 24.8 Å². The van der Waals surface area contributed by atoms with Crippen molar-refractivity contribution in [2.75, 3.05) is 20.3 Å². The summed E-state index contributed by atoms with van der Waals surface area (Å²) in [4.78, 5) is 0. The Bertz CT molecular complexity index is 123. The van der Waals surface area contributed by atoms with Gasteiger partial charge in [0.25, 0.3) is 0 Å². The molecule has 0 aromatic heterocycles. The first kappa shape index (κ1) is 12.9. The van der Waals surface area contributed by atoms with Gasteiger partial charge in [0.1, 0.15) is 0 Å². The summed E-state index contributed by atoms with van der Waals surface area (Å²) in [6, 6.07) is 0. The van der Waals surface area contributed by atoms with Crippen LogP contribution in [0.25, 0.3) is 0 Å². The lowest BCUT2D eigenvalue weighted by atomic mass is 9.75. The monoisotopic (exact) mass is 186 g/mol. The van der Waals surface area contributed by atoms with E-state index in [-0.39, 0.29) is 0 Å². The van der Waals surface area contributed by atoms with Gasteiger partial charge in [-0.1, -0.05) is 34.1 Å². The third-order valence-corrected chi connectivity index (χ3v) is 3.05. The first-order chi connectivity index (χ1) is 6.06. The predicted molar refractivity (Wildman–Crippen MR) is 59.8 cm³/mol. The molecule has 2 heteroatoms. The second-order valence-corrected chi connectivity index (χ2v) is 4.52. The molecule has 0 bridgehead atoms. The third kappa shape index (κ3) is 4.63. The zero-order chi connectivity index (χ0) is 10.3. The maximum atomic E-state index is 3.43. The Kier molecular flexibility index (Phi) is 6.35. The maximum Gasteiger partial charge on any atom is 0.0451 e. The lowest BCUT2D eigenvalue weighted by Crippen LogP contribution is -2.39. The van der Waals surface area contributed by atoms with Crippen LogP contribution in [0, 0.1) is 11.3 Å². The van der Waals surface area contributed by atoms with Crippen LogP contribution in [-0.4, -0.2) is 20.3 Å². The molecule has 0 rings (SSSR count). The minimum absolute atomic E-state index is 0.450. The van der Waals surface area contributed by atoms with Crippen LogP contribution >= 0.6 is 0 Å². The Morgan fingerprint density at radius 3 is 2.31 bits per heavy atom. The smallest absolute Gasteiger partial charge is 0.0451 e. The molecule has 0 radical (unpaired) electrons. The molecular weight excluding hydrogens is 160 g/mol. The highest BCUT2D eigenvalue weighted by atomic mass is 15.0. The lowest BCUT2D eigenvalue weighted by Gasteiger charge is -2.34. The quantitative estimate of drug-likeness (QED) is 0.470. The van der Waals surface area contributed by atoms with E-state index in [4.69, 9.17) is 0 Å². The summed E-state index contributed by atoms with van der Waals surface area (Å²) in [7, 11) is 1.97. The van der Waals surface area contributed by atoms with Gasteiger partial charge in [0.05, 0.1) is 0 Å². The van der Waals surface area contributed by atoms with Crippen LogP contribution < -0.4 is 10.6 Å². The normalized spacial score (nSPS) is 16.2. The van der Waals surface area contributed by atoms with E-state index in [9.17, 15) is 0 Å². The lowest BCUT2D eigenvalue weighted by molar-refractivity contribution is 0.188. The van der Waals surface area contributed by atoms with Gasteiger partial charge < -0.3 is 10.6 Å². The Balaban J connectivity index is 3.92. The van der Waals surface area contributed by atoms with Gasteiger partial charge in [-0.15, -0.1) is 0 Å². The van der Waals surface area contributed by atoms with Gasteiger partial charge in [0.2, 0.25) is 0 Å². The molecule has 0 fully saturated rings. The molecule has 80 valence electrons. The molecule has 0 saturated carbocycles. The van der Waals surface area contributed by atoms with Crippen LogP contribution in [0.1, 0.15) is 40.5 Å². The fourth-order valence-electron chi connectivity index (χ4n) is 1.63. The van der Waals surface area contributed by atoms with Crippen molar-refractivity contribution in [3.05, 3.63) is 0 Å². The topological polar surface area (TPSA) is 24.1 Å². The summed E-state index contributed by atoms with van der Waals surface area (Å²) in [5.41, 5.74) is 0.450. The summed E-state index contributed by atoms with van der Waals surface area (Å²) in [5.74, 6) is 0.747. The van der Waals surface area contributed by atoms with E-state index >= 15 is 0 Å². The van der Waals surface area contributed by atoms with Gasteiger partial charge in [-0.2, -0.15) is 0 Å². The van der Waals surface area contributed by atoms with Gasteiger partial charge >= 0.3 is 0 Å². The van der Waals surface area contributed by atoms with E-state index in [0.29, 0.717) is 5.41 Å². The highest BCUT2D eigenvalue weighted by molar-refractivity contribution is 4.79. The van der Waals surface area contributed by atoms with E-state index in [2.05, 4.69) is 38.3 Å². The summed E-state index contributed by atoms with van der Waals surface area (Å²) in [6.45, 7) is 11.3. The number of nitrogens with one attached hydrogen (secondary N) is 2. The Morgan fingerprint density at radius 2 is 1.92 bits per heavy atom. The van der Waals surface area contributed by atoms with Crippen molar-refractivity contribution >= 4 is 0 Å². The summed E-state index contributed by atoms with van der Waals surface area (Å²) in [5, 5.41) is 6.54. The van der Waals surface area contributed by atoms with Crippen LogP contribution in [0.3, 0.4) is 0 Å². The largest absolute Gasteiger partial charge is 0.308 e. The molecule has 13 heavy (non-hydrogen) atoms. The highest BCUT2D eigenvalue weighted by Crippen LogP contribution is 2.31. The van der Waals surface area contributed by atoms with Crippen LogP contribution in [0.4, 0.5) is 0 Å². The highest BCUT2D eigenvalue weighted by Gasteiger charge is 2.26. The molecule has 2 nitrogen and oxygen atoms in total. The zero-order valence-electron chi connectivity index (χ0n) is 9.91. The molecule has 0 aromatic rings. The molecule has 0 aliphatic heterocycles. The molecule has 0 aliphatic carbocycles. The van der Waals surface area contributed by atoms with Gasteiger partial charge in [-0.3, -0.25) is 0 Å². The molecule has 0 aliphatic rings. The van der Waals surface area contributed by atoms with Gasteiger partial charge in [-0.25, -0.2) is 0 Å². The van der Waals surface area contributed by atoms with E-state index in [1.165, 1.54) is 12.8 Å². The van der Waals surface area contributed by atoms with Crippen molar-refractivity contribution < 1.29 is 0 Å². The summed E-state index contributed by atoms with van der Waals surface area (Å²) >= 11 is 0.